The average Bonchev–Trinajstić information content (AvgIpc) is 2.58. The molecule has 0 heterocycles. The third-order valence-electron chi connectivity index (χ3n) is 3.63. The van der Waals surface area contributed by atoms with Gasteiger partial charge in [0.1, 0.15) is 0 Å². The number of hydrogen-bond donors (Lipinski definition) is 2. The summed E-state index contributed by atoms with van der Waals surface area (Å²) in [5, 5.41) is 5.70. The number of benzene rings is 2. The van der Waals surface area contributed by atoms with Gasteiger partial charge in [-0.3, -0.25) is 9.59 Å². The number of carbonyl (C=O) groups is 2. The number of hydrogen-bond acceptors (Lipinski definition) is 2. The molecular weight excluding hydrogens is 368 g/mol. The molecule has 24 heavy (non-hydrogen) atoms. The maximum Gasteiger partial charge on any atom is 0.255 e. The molecule has 0 aromatic heterocycles. The van der Waals surface area contributed by atoms with Gasteiger partial charge in [-0.15, -0.1) is 0 Å². The highest BCUT2D eigenvalue weighted by molar-refractivity contribution is 9.10. The van der Waals surface area contributed by atoms with Gasteiger partial charge in [0.15, 0.2) is 0 Å². The quantitative estimate of drug-likeness (QED) is 0.713. The highest BCUT2D eigenvalue weighted by Crippen LogP contribution is 2.21. The van der Waals surface area contributed by atoms with E-state index < -0.39 is 0 Å². The zero-order valence-electron chi connectivity index (χ0n) is 13.9. The molecule has 2 aromatic rings. The second-order valence-electron chi connectivity index (χ2n) is 5.61. The van der Waals surface area contributed by atoms with Gasteiger partial charge in [0, 0.05) is 27.8 Å². The van der Waals surface area contributed by atoms with Gasteiger partial charge in [-0.05, 0) is 49.2 Å². The lowest BCUT2D eigenvalue weighted by Gasteiger charge is -2.09. The van der Waals surface area contributed by atoms with Crippen molar-refractivity contribution < 1.29 is 9.59 Å². The van der Waals surface area contributed by atoms with Gasteiger partial charge in [-0.1, -0.05) is 41.4 Å². The molecule has 0 saturated carbocycles. The van der Waals surface area contributed by atoms with Gasteiger partial charge in [-0.25, -0.2) is 0 Å². The number of rotatable bonds is 6. The van der Waals surface area contributed by atoms with Crippen molar-refractivity contribution >= 4 is 33.4 Å². The van der Waals surface area contributed by atoms with Crippen molar-refractivity contribution in [3.8, 4) is 0 Å². The van der Waals surface area contributed by atoms with E-state index in [0.29, 0.717) is 23.4 Å². The lowest BCUT2D eigenvalue weighted by molar-refractivity contribution is 0.0953. The van der Waals surface area contributed by atoms with Crippen molar-refractivity contribution in [1.29, 1.82) is 0 Å². The van der Waals surface area contributed by atoms with Crippen molar-refractivity contribution in [3.05, 3.63) is 63.6 Å². The summed E-state index contributed by atoms with van der Waals surface area (Å²) < 4.78 is 0.935. The topological polar surface area (TPSA) is 58.2 Å². The predicted octanol–water partition coefficient (Wildman–Crippen LogP) is 4.54. The van der Waals surface area contributed by atoms with Crippen LogP contribution >= 0.6 is 15.9 Å². The van der Waals surface area contributed by atoms with E-state index in [0.717, 1.165) is 22.9 Å². The molecule has 0 atom stereocenters. The van der Waals surface area contributed by atoms with Crippen molar-refractivity contribution in [2.75, 3.05) is 11.9 Å². The zero-order chi connectivity index (χ0) is 17.5. The molecule has 0 aliphatic heterocycles. The first kappa shape index (κ1) is 18.2. The van der Waals surface area contributed by atoms with Gasteiger partial charge in [0.2, 0.25) is 0 Å². The Morgan fingerprint density at radius 2 is 1.75 bits per heavy atom. The Kier molecular flexibility index (Phi) is 6.55. The van der Waals surface area contributed by atoms with Gasteiger partial charge < -0.3 is 10.6 Å². The Balaban J connectivity index is 2.08. The van der Waals surface area contributed by atoms with Crippen molar-refractivity contribution in [2.24, 2.45) is 0 Å². The van der Waals surface area contributed by atoms with Gasteiger partial charge in [0.05, 0.1) is 0 Å². The third-order valence-corrected chi connectivity index (χ3v) is 4.49. The first-order valence-electron chi connectivity index (χ1n) is 7.97. The first-order chi connectivity index (χ1) is 11.5. The fourth-order valence-electron chi connectivity index (χ4n) is 2.16. The van der Waals surface area contributed by atoms with Crippen LogP contribution in [0.15, 0.2) is 46.9 Å². The molecule has 2 amide bonds. The molecule has 2 rings (SSSR count). The minimum Gasteiger partial charge on any atom is -0.352 e. The molecule has 0 radical (unpaired) electrons. The molecule has 2 N–H and O–H groups in total. The second-order valence-corrected chi connectivity index (χ2v) is 6.46. The second kappa shape index (κ2) is 8.64. The summed E-state index contributed by atoms with van der Waals surface area (Å²) >= 11 is 3.45. The van der Waals surface area contributed by atoms with E-state index in [4.69, 9.17) is 0 Å². The summed E-state index contributed by atoms with van der Waals surface area (Å²) in [6.45, 7) is 4.69. The number of amides is 2. The minimum absolute atomic E-state index is 0.156. The maximum absolute atomic E-state index is 12.4. The van der Waals surface area contributed by atoms with Crippen LogP contribution in [0.4, 0.5) is 5.69 Å². The lowest BCUT2D eigenvalue weighted by atomic mass is 10.1. The van der Waals surface area contributed by atoms with Crippen LogP contribution in [0.2, 0.25) is 0 Å². The lowest BCUT2D eigenvalue weighted by Crippen LogP contribution is -2.24. The normalized spacial score (nSPS) is 10.3. The fourth-order valence-corrected chi connectivity index (χ4v) is 2.54. The number of unbranched alkanes of at least 4 members (excludes halogenated alkanes) is 1. The van der Waals surface area contributed by atoms with E-state index in [1.54, 1.807) is 24.3 Å². The van der Waals surface area contributed by atoms with E-state index in [2.05, 4.69) is 33.5 Å². The van der Waals surface area contributed by atoms with Crippen LogP contribution in [0.5, 0.6) is 0 Å². The molecule has 0 unspecified atom stereocenters. The molecule has 5 heteroatoms. The Morgan fingerprint density at radius 3 is 2.42 bits per heavy atom. The average molecular weight is 389 g/mol. The minimum atomic E-state index is -0.242. The molecular formula is C19H21BrN2O2. The number of aryl methyl sites for hydroxylation is 1. The number of anilines is 1. The number of halogens is 1. The Bertz CT molecular complexity index is 744. The van der Waals surface area contributed by atoms with Crippen LogP contribution in [0.3, 0.4) is 0 Å². The summed E-state index contributed by atoms with van der Waals surface area (Å²) in [4.78, 5) is 24.5. The summed E-state index contributed by atoms with van der Waals surface area (Å²) in [5.41, 5.74) is 2.74. The molecule has 126 valence electrons. The standard InChI is InChI=1S/C19H21BrN2O2/c1-3-4-10-21-18(23)14-6-5-7-15(11-14)19(24)22-16-9-8-13(2)17(20)12-16/h5-9,11-12H,3-4,10H2,1-2H3,(H,21,23)(H,22,24). The van der Waals surface area contributed by atoms with Crippen molar-refractivity contribution in [2.45, 2.75) is 26.7 Å². The van der Waals surface area contributed by atoms with E-state index in [9.17, 15) is 9.59 Å². The maximum atomic E-state index is 12.4. The van der Waals surface area contributed by atoms with Crippen LogP contribution < -0.4 is 10.6 Å². The predicted molar refractivity (Wildman–Crippen MR) is 101 cm³/mol. The van der Waals surface area contributed by atoms with Crippen molar-refractivity contribution in [1.82, 2.24) is 5.32 Å². The van der Waals surface area contributed by atoms with E-state index in [1.807, 2.05) is 25.1 Å². The van der Waals surface area contributed by atoms with E-state index in [1.165, 1.54) is 0 Å². The van der Waals surface area contributed by atoms with Crippen LogP contribution in [-0.4, -0.2) is 18.4 Å². The van der Waals surface area contributed by atoms with Crippen molar-refractivity contribution in [3.63, 3.8) is 0 Å². The first-order valence-corrected chi connectivity index (χ1v) is 8.76. The van der Waals surface area contributed by atoms with E-state index >= 15 is 0 Å². The molecule has 0 saturated heterocycles. The molecule has 0 bridgehead atoms. The smallest absolute Gasteiger partial charge is 0.255 e. The largest absolute Gasteiger partial charge is 0.352 e. The fraction of sp³-hybridized carbons (Fsp3) is 0.263. The van der Waals surface area contributed by atoms with Crippen LogP contribution in [0.25, 0.3) is 0 Å². The van der Waals surface area contributed by atoms with E-state index in [-0.39, 0.29) is 11.8 Å². The molecule has 2 aromatic carbocycles. The number of nitrogens with one attached hydrogen (secondary N) is 2. The summed E-state index contributed by atoms with van der Waals surface area (Å²) in [6.07, 6.45) is 1.96. The summed E-state index contributed by atoms with van der Waals surface area (Å²) in [5.74, 6) is -0.398. The molecule has 0 aliphatic rings. The van der Waals surface area contributed by atoms with Crippen LogP contribution in [0, 0.1) is 6.92 Å². The van der Waals surface area contributed by atoms with Gasteiger partial charge in [0.25, 0.3) is 11.8 Å². The molecule has 0 fully saturated rings. The Labute approximate surface area is 150 Å². The van der Waals surface area contributed by atoms with Gasteiger partial charge >= 0.3 is 0 Å². The zero-order valence-corrected chi connectivity index (χ0v) is 15.4. The Hall–Kier alpha value is -2.14. The number of carbonyl (C=O) groups excluding carboxylic acids is 2. The summed E-state index contributed by atoms with van der Waals surface area (Å²) in [7, 11) is 0. The monoisotopic (exact) mass is 388 g/mol. The Morgan fingerprint density at radius 1 is 1.04 bits per heavy atom. The SMILES string of the molecule is CCCCNC(=O)c1cccc(C(=O)Nc2ccc(C)c(Br)c2)c1. The molecule has 4 nitrogen and oxygen atoms in total. The third kappa shape index (κ3) is 4.93. The van der Waals surface area contributed by atoms with Gasteiger partial charge in [-0.2, -0.15) is 0 Å². The van der Waals surface area contributed by atoms with Crippen LogP contribution in [0.1, 0.15) is 46.0 Å². The van der Waals surface area contributed by atoms with Crippen LogP contribution in [-0.2, 0) is 0 Å². The highest BCUT2D eigenvalue weighted by Gasteiger charge is 2.11. The summed E-state index contributed by atoms with van der Waals surface area (Å²) in [6, 6.07) is 12.4. The highest BCUT2D eigenvalue weighted by atomic mass is 79.9. The molecule has 0 spiro atoms. The molecule has 0 aliphatic carbocycles.